The summed E-state index contributed by atoms with van der Waals surface area (Å²) in [7, 11) is 0. The van der Waals surface area contributed by atoms with Gasteiger partial charge in [-0.1, -0.05) is 41.4 Å². The Hall–Kier alpha value is -2.76. The molecule has 0 spiro atoms. The number of carbonyl (C=O) groups excluding carboxylic acids is 1. The minimum Gasteiger partial charge on any atom is -0.398 e. The van der Waals surface area contributed by atoms with Crippen molar-refractivity contribution in [3.05, 3.63) is 81.1 Å². The number of aryl methyl sites for hydroxylation is 1. The van der Waals surface area contributed by atoms with E-state index in [-0.39, 0.29) is 5.91 Å². The number of hydrazone groups is 1. The molecule has 0 aliphatic heterocycles. The second-order valence-electron chi connectivity index (χ2n) is 6.02. The Labute approximate surface area is 167 Å². The van der Waals surface area contributed by atoms with E-state index in [0.717, 1.165) is 22.6 Å². The summed E-state index contributed by atoms with van der Waals surface area (Å²) in [5.74, 6) is -0.365. The summed E-state index contributed by atoms with van der Waals surface area (Å²) < 4.78 is 1.99. The van der Waals surface area contributed by atoms with Crippen LogP contribution in [-0.4, -0.2) is 16.7 Å². The molecule has 1 amide bonds. The molecular weight excluding hydrogens is 383 g/mol. The first-order valence-electron chi connectivity index (χ1n) is 8.21. The van der Waals surface area contributed by atoms with Gasteiger partial charge < -0.3 is 10.3 Å². The second kappa shape index (κ2) is 7.86. The van der Waals surface area contributed by atoms with Crippen LogP contribution >= 0.6 is 23.2 Å². The first-order valence-corrected chi connectivity index (χ1v) is 8.97. The molecule has 3 N–H and O–H groups in total. The number of nitrogens with one attached hydrogen (secondary N) is 1. The van der Waals surface area contributed by atoms with Gasteiger partial charge in [-0.15, -0.1) is 0 Å². The summed E-state index contributed by atoms with van der Waals surface area (Å²) in [6, 6.07) is 14.3. The lowest BCUT2D eigenvalue weighted by Crippen LogP contribution is -2.19. The van der Waals surface area contributed by atoms with E-state index in [1.807, 2.05) is 36.6 Å². The fourth-order valence-corrected chi connectivity index (χ4v) is 3.26. The summed E-state index contributed by atoms with van der Waals surface area (Å²) in [5.41, 5.74) is 12.6. The fraction of sp³-hybridized carbons (Fsp3) is 0.100. The van der Waals surface area contributed by atoms with E-state index < -0.39 is 0 Å². The van der Waals surface area contributed by atoms with Crippen LogP contribution in [0.25, 0.3) is 5.69 Å². The third kappa shape index (κ3) is 3.84. The number of nitrogens with zero attached hydrogens (tertiary/aromatic N) is 2. The number of halogens is 2. The Balaban J connectivity index is 1.85. The lowest BCUT2D eigenvalue weighted by Gasteiger charge is -2.12. The lowest BCUT2D eigenvalue weighted by atomic mass is 10.2. The van der Waals surface area contributed by atoms with E-state index in [2.05, 4.69) is 10.5 Å². The third-order valence-corrected chi connectivity index (χ3v) is 5.03. The van der Waals surface area contributed by atoms with Gasteiger partial charge in [0, 0.05) is 22.6 Å². The summed E-state index contributed by atoms with van der Waals surface area (Å²) in [4.78, 5) is 12.2. The fourth-order valence-electron chi connectivity index (χ4n) is 2.88. The Morgan fingerprint density at radius 2 is 1.89 bits per heavy atom. The van der Waals surface area contributed by atoms with Crippen LogP contribution in [-0.2, 0) is 0 Å². The smallest absolute Gasteiger partial charge is 0.273 e. The van der Waals surface area contributed by atoms with Gasteiger partial charge in [-0.3, -0.25) is 4.79 Å². The van der Waals surface area contributed by atoms with Gasteiger partial charge in [0.2, 0.25) is 0 Å². The van der Waals surface area contributed by atoms with E-state index in [1.54, 1.807) is 36.5 Å². The molecule has 0 aliphatic rings. The van der Waals surface area contributed by atoms with Gasteiger partial charge in [0.15, 0.2) is 0 Å². The molecule has 0 fully saturated rings. The third-order valence-electron chi connectivity index (χ3n) is 4.22. The van der Waals surface area contributed by atoms with Gasteiger partial charge >= 0.3 is 0 Å². The van der Waals surface area contributed by atoms with Crippen molar-refractivity contribution in [1.82, 2.24) is 9.99 Å². The Morgan fingerprint density at radius 1 is 1.15 bits per heavy atom. The number of benzene rings is 2. The molecule has 138 valence electrons. The van der Waals surface area contributed by atoms with Crippen molar-refractivity contribution in [2.45, 2.75) is 13.8 Å². The highest BCUT2D eigenvalue weighted by Gasteiger charge is 2.14. The molecule has 3 rings (SSSR count). The van der Waals surface area contributed by atoms with E-state index in [4.69, 9.17) is 28.9 Å². The average Bonchev–Trinajstić information content (AvgIpc) is 2.91. The van der Waals surface area contributed by atoms with E-state index in [0.29, 0.717) is 21.3 Å². The molecule has 0 bridgehead atoms. The summed E-state index contributed by atoms with van der Waals surface area (Å²) in [6.45, 7) is 3.91. The number of nitrogen functional groups attached to an aromatic ring is 1. The van der Waals surface area contributed by atoms with Gasteiger partial charge in [-0.2, -0.15) is 5.10 Å². The van der Waals surface area contributed by atoms with Crippen LogP contribution in [0, 0.1) is 13.8 Å². The largest absolute Gasteiger partial charge is 0.398 e. The molecule has 1 aromatic heterocycles. The molecule has 5 nitrogen and oxygen atoms in total. The van der Waals surface area contributed by atoms with Crippen LogP contribution in [0.5, 0.6) is 0 Å². The molecular formula is C20H18Cl2N4O. The molecule has 0 atom stereocenters. The number of carbonyl (C=O) groups is 1. The highest BCUT2D eigenvalue weighted by Crippen LogP contribution is 2.31. The van der Waals surface area contributed by atoms with E-state index in [1.165, 1.54) is 0 Å². The minimum atomic E-state index is -0.365. The Kier molecular flexibility index (Phi) is 5.54. The minimum absolute atomic E-state index is 0.365. The monoisotopic (exact) mass is 400 g/mol. The number of para-hydroxylation sites is 1. The van der Waals surface area contributed by atoms with Gasteiger partial charge in [-0.05, 0) is 44.2 Å². The number of amides is 1. The van der Waals surface area contributed by atoms with Crippen molar-refractivity contribution in [3.8, 4) is 5.69 Å². The van der Waals surface area contributed by atoms with Crippen LogP contribution in [0.4, 0.5) is 5.69 Å². The predicted molar refractivity (Wildman–Crippen MR) is 111 cm³/mol. The number of aromatic nitrogens is 1. The summed E-state index contributed by atoms with van der Waals surface area (Å²) in [6.07, 6.45) is 1.59. The highest BCUT2D eigenvalue weighted by atomic mass is 35.5. The molecule has 0 saturated carbocycles. The van der Waals surface area contributed by atoms with E-state index >= 15 is 0 Å². The molecule has 0 unspecified atom stereocenters. The molecule has 2 aromatic carbocycles. The first kappa shape index (κ1) is 19.0. The number of hydrogen-bond donors (Lipinski definition) is 2. The van der Waals surface area contributed by atoms with Crippen LogP contribution in [0.1, 0.15) is 27.3 Å². The first-order chi connectivity index (χ1) is 12.9. The highest BCUT2D eigenvalue weighted by molar-refractivity contribution is 6.43. The zero-order chi connectivity index (χ0) is 19.6. The quantitative estimate of drug-likeness (QED) is 0.376. The van der Waals surface area contributed by atoms with Crippen molar-refractivity contribution < 1.29 is 4.79 Å². The number of hydrogen-bond acceptors (Lipinski definition) is 3. The normalized spacial score (nSPS) is 11.1. The van der Waals surface area contributed by atoms with Crippen molar-refractivity contribution in [1.29, 1.82) is 0 Å². The maximum atomic E-state index is 12.2. The summed E-state index contributed by atoms with van der Waals surface area (Å²) in [5, 5.41) is 5.03. The van der Waals surface area contributed by atoms with Gasteiger partial charge in [0.25, 0.3) is 5.91 Å². The summed E-state index contributed by atoms with van der Waals surface area (Å²) >= 11 is 12.5. The Morgan fingerprint density at radius 3 is 2.63 bits per heavy atom. The SMILES string of the molecule is Cc1cc(/C=N\NC(=O)c2ccccc2N)c(C)n1-c1cccc(Cl)c1Cl. The van der Waals surface area contributed by atoms with Gasteiger partial charge in [-0.25, -0.2) is 5.43 Å². The maximum absolute atomic E-state index is 12.2. The zero-order valence-corrected chi connectivity index (χ0v) is 16.3. The second-order valence-corrected chi connectivity index (χ2v) is 6.81. The molecule has 0 saturated heterocycles. The molecule has 0 aliphatic carbocycles. The zero-order valence-electron chi connectivity index (χ0n) is 14.8. The van der Waals surface area contributed by atoms with Crippen molar-refractivity contribution >= 4 is 41.0 Å². The average molecular weight is 401 g/mol. The number of nitrogens with two attached hydrogens (primary N) is 1. The lowest BCUT2D eigenvalue weighted by molar-refractivity contribution is 0.0956. The number of anilines is 1. The van der Waals surface area contributed by atoms with E-state index in [9.17, 15) is 4.79 Å². The predicted octanol–water partition coefficient (Wildman–Crippen LogP) is 4.75. The van der Waals surface area contributed by atoms with Crippen LogP contribution < -0.4 is 11.2 Å². The van der Waals surface area contributed by atoms with Crippen molar-refractivity contribution in [2.75, 3.05) is 5.73 Å². The van der Waals surface area contributed by atoms with Gasteiger partial charge in [0.05, 0.1) is 27.5 Å². The standard InChI is InChI=1S/C20H18Cl2N4O/c1-12-10-14(11-24-25-20(27)15-6-3-4-8-17(15)23)13(2)26(12)18-9-5-7-16(21)19(18)22/h3-11H,23H2,1-2H3,(H,25,27)/b24-11-. The maximum Gasteiger partial charge on any atom is 0.273 e. The molecule has 7 heteroatoms. The number of rotatable bonds is 4. The van der Waals surface area contributed by atoms with Crippen LogP contribution in [0.2, 0.25) is 10.0 Å². The topological polar surface area (TPSA) is 72.4 Å². The molecule has 1 heterocycles. The Bertz CT molecular complexity index is 1040. The molecule has 0 radical (unpaired) electrons. The van der Waals surface area contributed by atoms with Crippen LogP contribution in [0.3, 0.4) is 0 Å². The van der Waals surface area contributed by atoms with Crippen LogP contribution in [0.15, 0.2) is 53.6 Å². The molecule has 27 heavy (non-hydrogen) atoms. The van der Waals surface area contributed by atoms with Crippen molar-refractivity contribution in [3.63, 3.8) is 0 Å². The van der Waals surface area contributed by atoms with Crippen molar-refractivity contribution in [2.24, 2.45) is 5.10 Å². The molecule has 3 aromatic rings. The van der Waals surface area contributed by atoms with Gasteiger partial charge in [0.1, 0.15) is 0 Å².